The van der Waals surface area contributed by atoms with E-state index in [-0.39, 0.29) is 12.1 Å². The van der Waals surface area contributed by atoms with E-state index in [1.165, 1.54) is 11.1 Å². The Bertz CT molecular complexity index is 405. The van der Waals surface area contributed by atoms with Crippen LogP contribution in [0.3, 0.4) is 0 Å². The van der Waals surface area contributed by atoms with Crippen LogP contribution in [-0.4, -0.2) is 23.3 Å². The van der Waals surface area contributed by atoms with Crippen LogP contribution >= 0.6 is 15.9 Å². The molecule has 0 radical (unpaired) electrons. The van der Waals surface area contributed by atoms with Crippen LogP contribution < -0.4 is 5.32 Å². The molecule has 1 atom stereocenters. The standard InChI is InChI=1S/C14H20BrNO/c1-10(2)16-14(9-17)6-5-11-7-13(15)4-3-12(11)8-14/h3-4,7,10,16-17H,5-6,8-9H2,1-2H3. The number of benzene rings is 1. The second-order valence-corrected chi connectivity index (χ2v) is 6.24. The molecule has 0 bridgehead atoms. The van der Waals surface area contributed by atoms with Crippen LogP contribution in [0, 0.1) is 0 Å². The van der Waals surface area contributed by atoms with Crippen molar-refractivity contribution in [1.82, 2.24) is 5.32 Å². The van der Waals surface area contributed by atoms with E-state index in [0.29, 0.717) is 6.04 Å². The average molecular weight is 298 g/mol. The van der Waals surface area contributed by atoms with Gasteiger partial charge in [0.2, 0.25) is 0 Å². The minimum atomic E-state index is -0.130. The summed E-state index contributed by atoms with van der Waals surface area (Å²) in [5.41, 5.74) is 2.64. The number of aliphatic hydroxyl groups is 1. The number of nitrogens with one attached hydrogen (secondary N) is 1. The summed E-state index contributed by atoms with van der Waals surface area (Å²) in [6, 6.07) is 6.86. The number of aryl methyl sites for hydroxylation is 1. The molecule has 0 heterocycles. The molecule has 0 aliphatic heterocycles. The van der Waals surface area contributed by atoms with Crippen molar-refractivity contribution in [3.8, 4) is 0 Å². The molecule has 2 rings (SSSR count). The second-order valence-electron chi connectivity index (χ2n) is 5.33. The van der Waals surface area contributed by atoms with E-state index in [4.69, 9.17) is 0 Å². The number of halogens is 1. The average Bonchev–Trinajstić information content (AvgIpc) is 2.29. The minimum absolute atomic E-state index is 0.130. The topological polar surface area (TPSA) is 32.3 Å². The predicted molar refractivity (Wildman–Crippen MR) is 74.3 cm³/mol. The van der Waals surface area contributed by atoms with Crippen LogP contribution in [0.2, 0.25) is 0 Å². The SMILES string of the molecule is CC(C)NC1(CO)CCc2cc(Br)ccc2C1. The zero-order valence-corrected chi connectivity index (χ0v) is 12.0. The van der Waals surface area contributed by atoms with E-state index < -0.39 is 0 Å². The summed E-state index contributed by atoms with van der Waals surface area (Å²) in [6.45, 7) is 4.48. The van der Waals surface area contributed by atoms with E-state index in [1.807, 2.05) is 0 Å². The maximum Gasteiger partial charge on any atom is 0.0616 e. The molecular weight excluding hydrogens is 278 g/mol. The summed E-state index contributed by atoms with van der Waals surface area (Å²) in [7, 11) is 0. The molecule has 1 aromatic rings. The third kappa shape index (κ3) is 2.90. The Morgan fingerprint density at radius 3 is 2.82 bits per heavy atom. The lowest BCUT2D eigenvalue weighted by molar-refractivity contribution is 0.136. The lowest BCUT2D eigenvalue weighted by atomic mass is 9.78. The van der Waals surface area contributed by atoms with Gasteiger partial charge < -0.3 is 10.4 Å². The fourth-order valence-electron chi connectivity index (χ4n) is 2.74. The first-order valence-corrected chi connectivity index (χ1v) is 7.00. The quantitative estimate of drug-likeness (QED) is 0.899. The molecule has 0 fully saturated rings. The van der Waals surface area contributed by atoms with Gasteiger partial charge in [0.05, 0.1) is 6.61 Å². The number of rotatable bonds is 3. The van der Waals surface area contributed by atoms with Crippen molar-refractivity contribution >= 4 is 15.9 Å². The molecule has 1 aliphatic rings. The molecule has 1 aliphatic carbocycles. The molecule has 1 unspecified atom stereocenters. The molecule has 1 aromatic carbocycles. The van der Waals surface area contributed by atoms with Crippen LogP contribution in [0.25, 0.3) is 0 Å². The van der Waals surface area contributed by atoms with Gasteiger partial charge in [0.1, 0.15) is 0 Å². The second kappa shape index (κ2) is 5.09. The highest BCUT2D eigenvalue weighted by molar-refractivity contribution is 9.10. The van der Waals surface area contributed by atoms with Crippen molar-refractivity contribution in [3.63, 3.8) is 0 Å². The monoisotopic (exact) mass is 297 g/mol. The number of hydrogen-bond acceptors (Lipinski definition) is 2. The van der Waals surface area contributed by atoms with Gasteiger partial charge in [-0.15, -0.1) is 0 Å². The van der Waals surface area contributed by atoms with Gasteiger partial charge in [-0.05, 0) is 42.5 Å². The zero-order chi connectivity index (χ0) is 12.5. The van der Waals surface area contributed by atoms with Crippen LogP contribution in [0.5, 0.6) is 0 Å². The van der Waals surface area contributed by atoms with Gasteiger partial charge in [0.25, 0.3) is 0 Å². The Labute approximate surface area is 112 Å². The Morgan fingerprint density at radius 1 is 1.41 bits per heavy atom. The summed E-state index contributed by atoms with van der Waals surface area (Å²) >= 11 is 3.51. The van der Waals surface area contributed by atoms with E-state index in [2.05, 4.69) is 53.3 Å². The normalized spacial score (nSPS) is 23.8. The molecule has 3 heteroatoms. The molecule has 2 N–H and O–H groups in total. The lowest BCUT2D eigenvalue weighted by Crippen LogP contribution is -2.55. The molecule has 0 amide bonds. The van der Waals surface area contributed by atoms with E-state index in [9.17, 15) is 5.11 Å². The minimum Gasteiger partial charge on any atom is -0.394 e. The first-order chi connectivity index (χ1) is 8.04. The first kappa shape index (κ1) is 13.1. The Hall–Kier alpha value is -0.380. The molecular formula is C14H20BrNO. The van der Waals surface area contributed by atoms with Gasteiger partial charge >= 0.3 is 0 Å². The molecule has 0 aromatic heterocycles. The summed E-state index contributed by atoms with van der Waals surface area (Å²) in [6.07, 6.45) is 2.96. The molecule has 0 saturated heterocycles. The van der Waals surface area contributed by atoms with Crippen LogP contribution in [0.4, 0.5) is 0 Å². The number of aliphatic hydroxyl groups excluding tert-OH is 1. The summed E-state index contributed by atoms with van der Waals surface area (Å²) in [5, 5.41) is 13.2. The van der Waals surface area contributed by atoms with Crippen molar-refractivity contribution in [2.45, 2.75) is 44.7 Å². The Morgan fingerprint density at radius 2 is 2.18 bits per heavy atom. The van der Waals surface area contributed by atoms with Crippen LogP contribution in [-0.2, 0) is 12.8 Å². The van der Waals surface area contributed by atoms with E-state index in [1.54, 1.807) is 0 Å². The van der Waals surface area contributed by atoms with Crippen molar-refractivity contribution in [2.75, 3.05) is 6.61 Å². The molecule has 17 heavy (non-hydrogen) atoms. The van der Waals surface area contributed by atoms with Crippen molar-refractivity contribution < 1.29 is 5.11 Å². The third-order valence-electron chi connectivity index (χ3n) is 3.47. The fourth-order valence-corrected chi connectivity index (χ4v) is 3.15. The van der Waals surface area contributed by atoms with Gasteiger partial charge in [-0.1, -0.05) is 35.8 Å². The maximum atomic E-state index is 9.70. The van der Waals surface area contributed by atoms with Crippen LogP contribution in [0.1, 0.15) is 31.4 Å². The molecule has 0 spiro atoms. The van der Waals surface area contributed by atoms with Crippen molar-refractivity contribution in [1.29, 1.82) is 0 Å². The Kier molecular flexibility index (Phi) is 3.91. The summed E-state index contributed by atoms with van der Waals surface area (Å²) in [5.74, 6) is 0. The van der Waals surface area contributed by atoms with Gasteiger partial charge in [0, 0.05) is 16.1 Å². The zero-order valence-electron chi connectivity index (χ0n) is 10.5. The summed E-state index contributed by atoms with van der Waals surface area (Å²) < 4.78 is 1.14. The van der Waals surface area contributed by atoms with Gasteiger partial charge in [-0.2, -0.15) is 0 Å². The highest BCUT2D eigenvalue weighted by atomic mass is 79.9. The highest BCUT2D eigenvalue weighted by Crippen LogP contribution is 2.30. The number of hydrogen-bond donors (Lipinski definition) is 2. The number of fused-ring (bicyclic) bond motifs is 1. The van der Waals surface area contributed by atoms with E-state index >= 15 is 0 Å². The highest BCUT2D eigenvalue weighted by Gasteiger charge is 2.34. The van der Waals surface area contributed by atoms with Crippen LogP contribution in [0.15, 0.2) is 22.7 Å². The molecule has 94 valence electrons. The summed E-state index contributed by atoms with van der Waals surface area (Å²) in [4.78, 5) is 0. The fraction of sp³-hybridized carbons (Fsp3) is 0.571. The smallest absolute Gasteiger partial charge is 0.0616 e. The van der Waals surface area contributed by atoms with Gasteiger partial charge in [-0.25, -0.2) is 0 Å². The maximum absolute atomic E-state index is 9.70. The Balaban J connectivity index is 2.24. The molecule has 0 saturated carbocycles. The van der Waals surface area contributed by atoms with Gasteiger partial charge in [0.15, 0.2) is 0 Å². The predicted octanol–water partition coefficient (Wildman–Crippen LogP) is 2.67. The largest absolute Gasteiger partial charge is 0.394 e. The third-order valence-corrected chi connectivity index (χ3v) is 3.96. The van der Waals surface area contributed by atoms with E-state index in [0.717, 1.165) is 23.7 Å². The lowest BCUT2D eigenvalue weighted by Gasteiger charge is -2.39. The van der Waals surface area contributed by atoms with Crippen molar-refractivity contribution in [3.05, 3.63) is 33.8 Å². The van der Waals surface area contributed by atoms with Gasteiger partial charge in [-0.3, -0.25) is 0 Å². The first-order valence-electron chi connectivity index (χ1n) is 6.20. The van der Waals surface area contributed by atoms with Crippen molar-refractivity contribution in [2.24, 2.45) is 0 Å². The molecule has 2 nitrogen and oxygen atoms in total.